The lowest BCUT2D eigenvalue weighted by Crippen LogP contribution is -2.59. The summed E-state index contributed by atoms with van der Waals surface area (Å²) in [5, 5.41) is 0. The Bertz CT molecular complexity index is 2140. The minimum Gasteiger partial charge on any atom is -0.458 e. The molecule has 2 heterocycles. The molecule has 9 rings (SSSR count). The Hall–Kier alpha value is -4.24. The van der Waals surface area contributed by atoms with Crippen molar-refractivity contribution in [1.82, 2.24) is 0 Å². The molecule has 0 spiro atoms. The van der Waals surface area contributed by atoms with Crippen LogP contribution in [0.3, 0.4) is 0 Å². The summed E-state index contributed by atoms with van der Waals surface area (Å²) >= 11 is 0. The topological polar surface area (TPSA) is 12.5 Å². The van der Waals surface area contributed by atoms with Crippen LogP contribution in [0.4, 0.5) is 17.1 Å². The molecular formula is C44H44BNO. The number of anilines is 3. The zero-order chi connectivity index (χ0) is 32.6. The van der Waals surface area contributed by atoms with Gasteiger partial charge in [0.2, 0.25) is 0 Å². The molecule has 0 aromatic heterocycles. The monoisotopic (exact) mass is 613 g/mol. The molecule has 0 fully saturated rings. The fraction of sp³-hybridized carbons (Fsp3) is 0.318. The van der Waals surface area contributed by atoms with E-state index < -0.39 is 0 Å². The maximum absolute atomic E-state index is 6.99. The van der Waals surface area contributed by atoms with Gasteiger partial charge in [-0.15, -0.1) is 0 Å². The molecule has 2 aliphatic heterocycles. The highest BCUT2D eigenvalue weighted by Gasteiger charge is 2.45. The molecule has 2 aliphatic carbocycles. The molecule has 0 saturated heterocycles. The summed E-state index contributed by atoms with van der Waals surface area (Å²) in [6, 6.07) is 32.8. The fourth-order valence-corrected chi connectivity index (χ4v) is 8.95. The average molecular weight is 614 g/mol. The Morgan fingerprint density at radius 2 is 1.43 bits per heavy atom. The molecule has 2 nitrogen and oxygen atoms in total. The molecule has 0 amide bonds. The van der Waals surface area contributed by atoms with Gasteiger partial charge in [-0.3, -0.25) is 0 Å². The van der Waals surface area contributed by atoms with Crippen LogP contribution in [0.1, 0.15) is 95.2 Å². The van der Waals surface area contributed by atoms with Gasteiger partial charge in [0, 0.05) is 22.5 Å². The first kappa shape index (κ1) is 28.9. The standard InChI is InChI=1S/C44H44BNO/c1-42(2,3)27-16-19-29(20-17-27)46-36-22-18-28(43(4,5)6)23-34(36)45-35-25-33-31(24-39(35)47-38-14-10-13-37(46)41(38)45)40-30-12-9-11-26(30)15-21-32(40)44(33,7)8/h10,13-25H,9,11-12H2,1-8H3. The largest absolute Gasteiger partial charge is 0.458 e. The molecule has 0 saturated carbocycles. The maximum atomic E-state index is 6.99. The molecule has 234 valence electrons. The van der Waals surface area contributed by atoms with Crippen molar-refractivity contribution in [3.63, 3.8) is 0 Å². The first-order valence-electron chi connectivity index (χ1n) is 17.5. The summed E-state index contributed by atoms with van der Waals surface area (Å²) in [5.74, 6) is 1.98. The van der Waals surface area contributed by atoms with E-state index >= 15 is 0 Å². The van der Waals surface area contributed by atoms with Crippen molar-refractivity contribution in [2.45, 2.75) is 90.9 Å². The lowest BCUT2D eigenvalue weighted by atomic mass is 9.33. The van der Waals surface area contributed by atoms with Gasteiger partial charge in [0.05, 0.1) is 0 Å². The van der Waals surface area contributed by atoms with E-state index in [1.54, 1.807) is 5.56 Å². The predicted molar refractivity (Wildman–Crippen MR) is 199 cm³/mol. The van der Waals surface area contributed by atoms with E-state index in [2.05, 4.69) is 145 Å². The first-order valence-corrected chi connectivity index (χ1v) is 17.5. The summed E-state index contributed by atoms with van der Waals surface area (Å²) in [7, 11) is 0. The molecule has 5 aromatic rings. The SMILES string of the molecule is CC(C)(C)c1ccc(N2c3ccc(C(C)(C)C)cc3B3c4cc5c(cc4Oc4cccc2c43)-c2c(ccc3c2CCC3)C5(C)C)cc1. The van der Waals surface area contributed by atoms with Crippen molar-refractivity contribution in [2.75, 3.05) is 4.90 Å². The van der Waals surface area contributed by atoms with Gasteiger partial charge in [-0.25, -0.2) is 0 Å². The molecular weight excluding hydrogens is 569 g/mol. The van der Waals surface area contributed by atoms with E-state index in [9.17, 15) is 0 Å². The van der Waals surface area contributed by atoms with Crippen LogP contribution in [0, 0.1) is 0 Å². The van der Waals surface area contributed by atoms with E-state index in [0.717, 1.165) is 11.5 Å². The number of rotatable bonds is 1. The zero-order valence-corrected chi connectivity index (χ0v) is 29.1. The van der Waals surface area contributed by atoms with Gasteiger partial charge in [-0.2, -0.15) is 0 Å². The summed E-state index contributed by atoms with van der Waals surface area (Å²) in [6.07, 6.45) is 3.63. The van der Waals surface area contributed by atoms with E-state index in [1.807, 2.05) is 0 Å². The van der Waals surface area contributed by atoms with Crippen molar-refractivity contribution in [3.05, 3.63) is 118 Å². The van der Waals surface area contributed by atoms with Crippen LogP contribution in [0.2, 0.25) is 0 Å². The lowest BCUT2D eigenvalue weighted by Gasteiger charge is -2.41. The third kappa shape index (κ3) is 4.05. The molecule has 0 radical (unpaired) electrons. The van der Waals surface area contributed by atoms with Crippen LogP contribution in [-0.2, 0) is 29.1 Å². The molecule has 0 N–H and O–H groups in total. The zero-order valence-electron chi connectivity index (χ0n) is 29.1. The molecule has 4 aliphatic rings. The number of hydrogen-bond acceptors (Lipinski definition) is 2. The summed E-state index contributed by atoms with van der Waals surface area (Å²) in [4.78, 5) is 2.47. The second-order valence-corrected chi connectivity index (χ2v) is 16.9. The number of nitrogens with zero attached hydrogens (tertiary/aromatic N) is 1. The van der Waals surface area contributed by atoms with Crippen molar-refractivity contribution in [3.8, 4) is 22.6 Å². The van der Waals surface area contributed by atoms with Crippen LogP contribution in [0.25, 0.3) is 11.1 Å². The number of aryl methyl sites for hydroxylation is 1. The van der Waals surface area contributed by atoms with Crippen LogP contribution < -0.4 is 26.0 Å². The number of ether oxygens (including phenoxy) is 1. The third-order valence-electron chi connectivity index (χ3n) is 11.6. The van der Waals surface area contributed by atoms with Gasteiger partial charge in [0.15, 0.2) is 0 Å². The highest BCUT2D eigenvalue weighted by atomic mass is 16.5. The van der Waals surface area contributed by atoms with Gasteiger partial charge in [-0.05, 0) is 127 Å². The normalized spacial score (nSPS) is 16.5. The molecule has 47 heavy (non-hydrogen) atoms. The first-order chi connectivity index (χ1) is 22.3. The summed E-state index contributed by atoms with van der Waals surface area (Å²) < 4.78 is 6.99. The number of fused-ring (bicyclic) bond motifs is 9. The number of hydrogen-bond donors (Lipinski definition) is 0. The number of benzene rings is 5. The molecule has 0 atom stereocenters. The predicted octanol–water partition coefficient (Wildman–Crippen LogP) is 9.48. The maximum Gasteiger partial charge on any atom is 0.256 e. The third-order valence-corrected chi connectivity index (χ3v) is 11.6. The highest BCUT2D eigenvalue weighted by Crippen LogP contribution is 2.53. The van der Waals surface area contributed by atoms with E-state index in [-0.39, 0.29) is 23.0 Å². The second-order valence-electron chi connectivity index (χ2n) is 16.9. The Labute approximate surface area is 280 Å². The van der Waals surface area contributed by atoms with E-state index in [0.29, 0.717) is 0 Å². The Kier molecular flexibility index (Phi) is 5.81. The minimum absolute atomic E-state index is 0.0317. The van der Waals surface area contributed by atoms with Crippen molar-refractivity contribution >= 4 is 40.2 Å². The van der Waals surface area contributed by atoms with Crippen molar-refractivity contribution in [2.24, 2.45) is 0 Å². The van der Waals surface area contributed by atoms with E-state index in [1.165, 1.54) is 91.7 Å². The molecule has 5 aromatic carbocycles. The van der Waals surface area contributed by atoms with Crippen molar-refractivity contribution in [1.29, 1.82) is 0 Å². The van der Waals surface area contributed by atoms with Gasteiger partial charge < -0.3 is 9.64 Å². The Balaban J connectivity index is 1.29. The van der Waals surface area contributed by atoms with Gasteiger partial charge in [-0.1, -0.05) is 104 Å². The van der Waals surface area contributed by atoms with E-state index in [4.69, 9.17) is 4.74 Å². The summed E-state index contributed by atoms with van der Waals surface area (Å²) in [5.41, 5.74) is 19.2. The smallest absolute Gasteiger partial charge is 0.256 e. The van der Waals surface area contributed by atoms with Gasteiger partial charge in [0.1, 0.15) is 11.5 Å². The van der Waals surface area contributed by atoms with Crippen LogP contribution in [-0.4, -0.2) is 6.71 Å². The van der Waals surface area contributed by atoms with Crippen LogP contribution in [0.15, 0.2) is 84.9 Å². The fourth-order valence-electron chi connectivity index (χ4n) is 8.95. The van der Waals surface area contributed by atoms with Gasteiger partial charge in [0.25, 0.3) is 6.71 Å². The Morgan fingerprint density at radius 3 is 2.17 bits per heavy atom. The quantitative estimate of drug-likeness (QED) is 0.171. The molecule has 0 bridgehead atoms. The average Bonchev–Trinajstić information content (AvgIpc) is 3.59. The highest BCUT2D eigenvalue weighted by molar-refractivity contribution is 6.99. The van der Waals surface area contributed by atoms with Crippen LogP contribution in [0.5, 0.6) is 11.5 Å². The lowest BCUT2D eigenvalue weighted by molar-refractivity contribution is 0.487. The van der Waals surface area contributed by atoms with Crippen LogP contribution >= 0.6 is 0 Å². The van der Waals surface area contributed by atoms with Crippen molar-refractivity contribution < 1.29 is 4.74 Å². The minimum atomic E-state index is -0.0668. The second kappa shape index (κ2) is 9.44. The van der Waals surface area contributed by atoms with Gasteiger partial charge >= 0.3 is 0 Å². The molecule has 0 unspecified atom stereocenters. The Morgan fingerprint density at radius 1 is 0.681 bits per heavy atom. The summed E-state index contributed by atoms with van der Waals surface area (Å²) in [6.45, 7) is 18.7. The molecule has 3 heteroatoms.